The zero-order valence-corrected chi connectivity index (χ0v) is 8.01. The van der Waals surface area contributed by atoms with Crippen molar-refractivity contribution in [2.24, 2.45) is 11.1 Å². The van der Waals surface area contributed by atoms with Crippen molar-refractivity contribution in [2.45, 2.75) is 37.3 Å². The lowest BCUT2D eigenvalue weighted by Crippen LogP contribution is -2.77. The first-order valence-corrected chi connectivity index (χ1v) is 4.23. The van der Waals surface area contributed by atoms with Crippen LogP contribution in [0.5, 0.6) is 0 Å². The lowest BCUT2D eigenvalue weighted by atomic mass is 9.44. The Balaban J connectivity index is 0.000000845. The van der Waals surface area contributed by atoms with E-state index in [9.17, 15) is 9.90 Å². The van der Waals surface area contributed by atoms with Gasteiger partial charge < -0.3 is 15.9 Å². The molecule has 4 nitrogen and oxygen atoms in total. The van der Waals surface area contributed by atoms with Gasteiger partial charge in [0.15, 0.2) is 0 Å². The van der Waals surface area contributed by atoms with E-state index in [0.29, 0.717) is 0 Å². The summed E-state index contributed by atoms with van der Waals surface area (Å²) >= 11 is 0. The zero-order chi connectivity index (χ0) is 8.98. The standard InChI is InChI=1S/C8H13NO3.ClH/c9-8(6(11)12)4-5(10)7(8)2-1-3-7;/h5,10H,1-4,9H2,(H,11,12);1H/t5-,8+;/m1./s1. The number of aliphatic hydroxyl groups is 1. The average Bonchev–Trinajstić information content (AvgIpc) is 1.81. The highest BCUT2D eigenvalue weighted by molar-refractivity contribution is 5.85. The van der Waals surface area contributed by atoms with E-state index in [2.05, 4.69) is 0 Å². The topological polar surface area (TPSA) is 83.6 Å². The van der Waals surface area contributed by atoms with Crippen molar-refractivity contribution in [3.63, 3.8) is 0 Å². The normalized spacial score (nSPS) is 40.0. The molecule has 0 radical (unpaired) electrons. The molecule has 0 unspecified atom stereocenters. The number of carboxylic acid groups (broad SMARTS) is 1. The van der Waals surface area contributed by atoms with E-state index in [0.717, 1.165) is 19.3 Å². The van der Waals surface area contributed by atoms with E-state index in [4.69, 9.17) is 10.8 Å². The molecule has 2 saturated carbocycles. The summed E-state index contributed by atoms with van der Waals surface area (Å²) in [5.41, 5.74) is 4.08. The van der Waals surface area contributed by atoms with Crippen molar-refractivity contribution in [2.75, 3.05) is 0 Å². The summed E-state index contributed by atoms with van der Waals surface area (Å²) in [5.74, 6) is -0.965. The van der Waals surface area contributed by atoms with Crippen LogP contribution in [0.4, 0.5) is 0 Å². The molecule has 2 aliphatic rings. The third-order valence-electron chi connectivity index (χ3n) is 3.67. The molecule has 4 N–H and O–H groups in total. The minimum atomic E-state index is -1.15. The van der Waals surface area contributed by atoms with Gasteiger partial charge in [0, 0.05) is 11.8 Å². The summed E-state index contributed by atoms with van der Waals surface area (Å²) in [5, 5.41) is 18.3. The van der Waals surface area contributed by atoms with Crippen LogP contribution in [0.3, 0.4) is 0 Å². The van der Waals surface area contributed by atoms with E-state index in [1.165, 1.54) is 0 Å². The lowest BCUT2D eigenvalue weighted by Gasteiger charge is -2.63. The molecule has 0 bridgehead atoms. The highest BCUT2D eigenvalue weighted by Gasteiger charge is 2.69. The highest BCUT2D eigenvalue weighted by Crippen LogP contribution is 2.60. The molecule has 0 amide bonds. The molecule has 1 spiro atoms. The fourth-order valence-electron chi connectivity index (χ4n) is 2.51. The molecule has 0 aromatic carbocycles. The minimum Gasteiger partial charge on any atom is -0.480 e. The van der Waals surface area contributed by atoms with Gasteiger partial charge in [-0.2, -0.15) is 0 Å². The van der Waals surface area contributed by atoms with Gasteiger partial charge in [-0.05, 0) is 12.8 Å². The van der Waals surface area contributed by atoms with E-state index in [1.807, 2.05) is 0 Å². The molecule has 0 saturated heterocycles. The Morgan fingerprint density at radius 3 is 2.15 bits per heavy atom. The van der Waals surface area contributed by atoms with Crippen LogP contribution in [-0.2, 0) is 4.79 Å². The lowest BCUT2D eigenvalue weighted by molar-refractivity contribution is -0.204. The second-order valence-corrected chi connectivity index (χ2v) is 4.01. The summed E-state index contributed by atoms with van der Waals surface area (Å²) in [6.45, 7) is 0. The third kappa shape index (κ3) is 0.965. The quantitative estimate of drug-likeness (QED) is 0.571. The first-order chi connectivity index (χ1) is 5.53. The van der Waals surface area contributed by atoms with E-state index in [1.54, 1.807) is 0 Å². The number of carboxylic acids is 1. The van der Waals surface area contributed by atoms with Crippen LogP contribution in [0.1, 0.15) is 25.7 Å². The van der Waals surface area contributed by atoms with Crippen LogP contribution in [0.2, 0.25) is 0 Å². The smallest absolute Gasteiger partial charge is 0.324 e. The maximum Gasteiger partial charge on any atom is 0.324 e. The molecule has 0 heterocycles. The number of halogens is 1. The van der Waals surface area contributed by atoms with Crippen LogP contribution < -0.4 is 5.73 Å². The van der Waals surface area contributed by atoms with E-state index < -0.39 is 23.0 Å². The third-order valence-corrected chi connectivity index (χ3v) is 3.67. The molecule has 5 heteroatoms. The molecule has 0 aliphatic heterocycles. The first kappa shape index (κ1) is 10.8. The molecule has 76 valence electrons. The van der Waals surface area contributed by atoms with Crippen molar-refractivity contribution in [3.05, 3.63) is 0 Å². The average molecular weight is 208 g/mol. The molecule has 0 aromatic rings. The Morgan fingerprint density at radius 2 is 2.00 bits per heavy atom. The highest BCUT2D eigenvalue weighted by atomic mass is 35.5. The van der Waals surface area contributed by atoms with Crippen molar-refractivity contribution < 1.29 is 15.0 Å². The molecule has 2 atom stereocenters. The number of hydrogen-bond donors (Lipinski definition) is 3. The van der Waals surface area contributed by atoms with Gasteiger partial charge in [0.2, 0.25) is 0 Å². The molecule has 13 heavy (non-hydrogen) atoms. The van der Waals surface area contributed by atoms with Gasteiger partial charge in [-0.3, -0.25) is 4.79 Å². The van der Waals surface area contributed by atoms with Crippen LogP contribution in [0, 0.1) is 5.41 Å². The Hall–Kier alpha value is -0.320. The van der Waals surface area contributed by atoms with Gasteiger partial charge in [-0.25, -0.2) is 0 Å². The summed E-state index contributed by atoms with van der Waals surface area (Å²) in [4.78, 5) is 10.8. The predicted octanol–water partition coefficient (Wildman–Crippen LogP) is 0.125. The Morgan fingerprint density at radius 1 is 1.46 bits per heavy atom. The number of nitrogens with two attached hydrogens (primary N) is 1. The number of carbonyl (C=O) groups is 1. The molecular formula is C8H14ClNO3. The Kier molecular flexibility index (Phi) is 2.35. The maximum absolute atomic E-state index is 10.8. The van der Waals surface area contributed by atoms with Gasteiger partial charge in [0.1, 0.15) is 5.54 Å². The monoisotopic (exact) mass is 207 g/mol. The number of hydrogen-bond acceptors (Lipinski definition) is 3. The number of aliphatic carboxylic acids is 1. The van der Waals surface area contributed by atoms with Gasteiger partial charge in [0.05, 0.1) is 6.10 Å². The minimum absolute atomic E-state index is 0. The molecule has 2 rings (SSSR count). The van der Waals surface area contributed by atoms with Crippen LogP contribution >= 0.6 is 12.4 Å². The Bertz CT molecular complexity index is 242. The van der Waals surface area contributed by atoms with Crippen molar-refractivity contribution in [1.29, 1.82) is 0 Å². The summed E-state index contributed by atoms with van der Waals surface area (Å²) in [6.07, 6.45) is 2.23. The molecular weight excluding hydrogens is 194 g/mol. The second kappa shape index (κ2) is 2.83. The van der Waals surface area contributed by atoms with Crippen LogP contribution in [-0.4, -0.2) is 27.8 Å². The summed E-state index contributed by atoms with van der Waals surface area (Å²) in [6, 6.07) is 0. The molecule has 2 fully saturated rings. The van der Waals surface area contributed by atoms with Gasteiger partial charge >= 0.3 is 5.97 Å². The summed E-state index contributed by atoms with van der Waals surface area (Å²) in [7, 11) is 0. The fourth-order valence-corrected chi connectivity index (χ4v) is 2.51. The van der Waals surface area contributed by atoms with Crippen LogP contribution in [0.25, 0.3) is 0 Å². The van der Waals surface area contributed by atoms with E-state index >= 15 is 0 Å². The number of aliphatic hydroxyl groups excluding tert-OH is 1. The number of rotatable bonds is 1. The van der Waals surface area contributed by atoms with Crippen molar-refractivity contribution in [3.8, 4) is 0 Å². The van der Waals surface area contributed by atoms with Gasteiger partial charge in [-0.1, -0.05) is 6.42 Å². The molecule has 0 aromatic heterocycles. The molecule has 2 aliphatic carbocycles. The Labute approximate surface area is 82.5 Å². The van der Waals surface area contributed by atoms with Crippen molar-refractivity contribution in [1.82, 2.24) is 0 Å². The maximum atomic E-state index is 10.8. The predicted molar refractivity (Wildman–Crippen MR) is 48.7 cm³/mol. The van der Waals surface area contributed by atoms with Gasteiger partial charge in [0.25, 0.3) is 0 Å². The summed E-state index contributed by atoms with van der Waals surface area (Å²) < 4.78 is 0. The fraction of sp³-hybridized carbons (Fsp3) is 0.875. The first-order valence-electron chi connectivity index (χ1n) is 4.23. The zero-order valence-electron chi connectivity index (χ0n) is 7.19. The van der Waals surface area contributed by atoms with Crippen molar-refractivity contribution >= 4 is 18.4 Å². The van der Waals surface area contributed by atoms with Crippen LogP contribution in [0.15, 0.2) is 0 Å². The largest absolute Gasteiger partial charge is 0.480 e. The second-order valence-electron chi connectivity index (χ2n) is 4.01. The SMILES string of the molecule is Cl.N[C@]1(C(=O)O)C[C@@H](O)C12CCC2. The van der Waals surface area contributed by atoms with E-state index in [-0.39, 0.29) is 18.8 Å². The van der Waals surface area contributed by atoms with Gasteiger partial charge in [-0.15, -0.1) is 12.4 Å².